The van der Waals surface area contributed by atoms with Gasteiger partial charge in [0.15, 0.2) is 11.6 Å². The van der Waals surface area contributed by atoms with Crippen molar-refractivity contribution < 1.29 is 27.5 Å². The summed E-state index contributed by atoms with van der Waals surface area (Å²) in [5.41, 5.74) is 0.957. The molecular formula is C21H23NO6S. The van der Waals surface area contributed by atoms with Crippen molar-refractivity contribution in [2.45, 2.75) is 31.6 Å². The number of ether oxygens (including phenoxy) is 1. The molecule has 2 rings (SSSR count). The number of nitrogens with zero attached hydrogens (tertiary/aromatic N) is 1. The molecule has 0 fully saturated rings. The van der Waals surface area contributed by atoms with Crippen LogP contribution >= 0.6 is 0 Å². The van der Waals surface area contributed by atoms with Crippen LogP contribution in [0, 0.1) is 0 Å². The van der Waals surface area contributed by atoms with Crippen molar-refractivity contribution in [2.75, 3.05) is 13.6 Å². The van der Waals surface area contributed by atoms with Crippen LogP contribution in [0.25, 0.3) is 0 Å². The highest BCUT2D eigenvalue weighted by atomic mass is 32.2. The summed E-state index contributed by atoms with van der Waals surface area (Å²) >= 11 is 0. The van der Waals surface area contributed by atoms with Crippen molar-refractivity contribution in [1.82, 2.24) is 4.31 Å². The Morgan fingerprint density at radius 3 is 1.83 bits per heavy atom. The lowest BCUT2D eigenvalue weighted by Crippen LogP contribution is -2.28. The Labute approximate surface area is 170 Å². The van der Waals surface area contributed by atoms with Crippen LogP contribution in [0.2, 0.25) is 0 Å². The highest BCUT2D eigenvalue weighted by molar-refractivity contribution is 7.89. The molecule has 0 saturated carbocycles. The van der Waals surface area contributed by atoms with E-state index < -0.39 is 16.0 Å². The molecule has 2 aromatic rings. The third-order valence-corrected chi connectivity index (χ3v) is 6.19. The molecule has 8 heteroatoms. The summed E-state index contributed by atoms with van der Waals surface area (Å²) in [7, 11) is -2.28. The summed E-state index contributed by atoms with van der Waals surface area (Å²) in [5, 5.41) is 0. The molecule has 0 heterocycles. The van der Waals surface area contributed by atoms with E-state index in [0.717, 1.165) is 4.31 Å². The maximum Gasteiger partial charge on any atom is 0.311 e. The van der Waals surface area contributed by atoms with Gasteiger partial charge in [-0.05, 0) is 56.7 Å². The van der Waals surface area contributed by atoms with E-state index in [2.05, 4.69) is 0 Å². The zero-order chi connectivity index (χ0) is 21.6. The van der Waals surface area contributed by atoms with Gasteiger partial charge >= 0.3 is 5.97 Å². The quantitative estimate of drug-likeness (QED) is 0.353. The van der Waals surface area contributed by atoms with Gasteiger partial charge in [-0.25, -0.2) is 12.7 Å². The molecule has 0 radical (unpaired) electrons. The Morgan fingerprint density at radius 2 is 1.34 bits per heavy atom. The molecule has 0 saturated heterocycles. The number of sulfonamides is 1. The summed E-state index contributed by atoms with van der Waals surface area (Å²) < 4.78 is 31.5. The largest absolute Gasteiger partial charge is 0.427 e. The Morgan fingerprint density at radius 1 is 0.862 bits per heavy atom. The molecular weight excluding hydrogens is 394 g/mol. The van der Waals surface area contributed by atoms with E-state index in [1.807, 2.05) is 0 Å². The molecule has 0 aliphatic rings. The summed E-state index contributed by atoms with van der Waals surface area (Å²) in [6.45, 7) is 2.99. The van der Waals surface area contributed by atoms with Crippen LogP contribution in [0.4, 0.5) is 0 Å². The molecule has 0 amide bonds. The molecule has 0 atom stereocenters. The Hall–Kier alpha value is -2.84. The lowest BCUT2D eigenvalue weighted by atomic mass is 10.1. The first-order chi connectivity index (χ1) is 13.6. The normalized spacial score (nSPS) is 11.3. The van der Waals surface area contributed by atoms with Crippen LogP contribution in [0.15, 0.2) is 53.4 Å². The predicted octanol–water partition coefficient (Wildman–Crippen LogP) is 3.10. The second-order valence-corrected chi connectivity index (χ2v) is 8.61. The highest BCUT2D eigenvalue weighted by Crippen LogP contribution is 2.17. The fourth-order valence-electron chi connectivity index (χ4n) is 2.55. The Balaban J connectivity index is 1.87. The number of hydrogen-bond acceptors (Lipinski definition) is 6. The molecule has 0 bridgehead atoms. The van der Waals surface area contributed by atoms with Gasteiger partial charge in [-0.3, -0.25) is 14.4 Å². The summed E-state index contributed by atoms with van der Waals surface area (Å²) in [5.74, 6) is -0.386. The minimum Gasteiger partial charge on any atom is -0.427 e. The fourth-order valence-corrected chi connectivity index (χ4v) is 3.76. The molecule has 0 aliphatic carbocycles. The van der Waals surface area contributed by atoms with Gasteiger partial charge < -0.3 is 4.74 Å². The maximum absolute atomic E-state index is 12.6. The smallest absolute Gasteiger partial charge is 0.311 e. The van der Waals surface area contributed by atoms with E-state index >= 15 is 0 Å². The van der Waals surface area contributed by atoms with Crippen molar-refractivity contribution in [3.8, 4) is 5.75 Å². The van der Waals surface area contributed by atoms with Gasteiger partial charge in [0, 0.05) is 31.1 Å². The van der Waals surface area contributed by atoms with Crippen molar-refractivity contribution in [1.29, 1.82) is 0 Å². The predicted molar refractivity (Wildman–Crippen MR) is 108 cm³/mol. The number of carbonyl (C=O) groups excluding carboxylic acids is 3. The zero-order valence-corrected chi connectivity index (χ0v) is 17.4. The number of Topliss-reactive ketones (excluding diaryl/α,β-unsaturated/α-hetero) is 2. The van der Waals surface area contributed by atoms with Gasteiger partial charge in [0.1, 0.15) is 5.75 Å². The van der Waals surface area contributed by atoms with Crippen LogP contribution in [-0.2, 0) is 14.8 Å². The average molecular weight is 417 g/mol. The Bertz CT molecular complexity index is 994. The minimum atomic E-state index is -3.71. The number of rotatable bonds is 9. The third kappa shape index (κ3) is 6.07. The maximum atomic E-state index is 12.6. The van der Waals surface area contributed by atoms with Crippen LogP contribution < -0.4 is 4.74 Å². The van der Waals surface area contributed by atoms with E-state index in [4.69, 9.17) is 4.74 Å². The first-order valence-corrected chi connectivity index (χ1v) is 10.4. The first kappa shape index (κ1) is 22.4. The number of hydrogen-bond donors (Lipinski definition) is 0. The molecule has 0 spiro atoms. The van der Waals surface area contributed by atoms with Gasteiger partial charge in [0.2, 0.25) is 10.0 Å². The fraction of sp³-hybridized carbons (Fsp3) is 0.286. The van der Waals surface area contributed by atoms with Crippen molar-refractivity contribution in [3.63, 3.8) is 0 Å². The van der Waals surface area contributed by atoms with Crippen molar-refractivity contribution in [3.05, 3.63) is 59.7 Å². The molecule has 7 nitrogen and oxygen atoms in total. The lowest BCUT2D eigenvalue weighted by molar-refractivity contribution is -0.134. The van der Waals surface area contributed by atoms with Gasteiger partial charge in [0.25, 0.3) is 0 Å². The molecule has 2 aromatic carbocycles. The minimum absolute atomic E-state index is 0.0393. The van der Waals surface area contributed by atoms with Crippen LogP contribution in [0.1, 0.15) is 47.4 Å². The number of carbonyl (C=O) groups is 3. The van der Waals surface area contributed by atoms with Crippen molar-refractivity contribution in [2.24, 2.45) is 0 Å². The molecule has 29 heavy (non-hydrogen) atoms. The first-order valence-electron chi connectivity index (χ1n) is 9.00. The van der Waals surface area contributed by atoms with Gasteiger partial charge in [-0.2, -0.15) is 0 Å². The molecule has 0 aliphatic heterocycles. The van der Waals surface area contributed by atoms with Crippen LogP contribution in [0.3, 0.4) is 0 Å². The van der Waals surface area contributed by atoms with E-state index in [1.54, 1.807) is 12.1 Å². The monoisotopic (exact) mass is 417 g/mol. The molecule has 0 aromatic heterocycles. The third-order valence-electron chi connectivity index (χ3n) is 4.32. The van der Waals surface area contributed by atoms with Crippen LogP contribution in [-0.4, -0.2) is 43.9 Å². The topological polar surface area (TPSA) is 97.8 Å². The SMILES string of the molecule is CC(=O)c1ccc(OC(=O)CCCN(C)S(=O)(=O)c2ccc(C(C)=O)cc2)cc1. The van der Waals surface area contributed by atoms with E-state index in [0.29, 0.717) is 16.9 Å². The molecule has 154 valence electrons. The Kier molecular flexibility index (Phi) is 7.41. The summed E-state index contributed by atoms with van der Waals surface area (Å²) in [6.07, 6.45) is 0.323. The zero-order valence-electron chi connectivity index (χ0n) is 16.5. The van der Waals surface area contributed by atoms with E-state index in [-0.39, 0.29) is 35.8 Å². The van der Waals surface area contributed by atoms with E-state index in [9.17, 15) is 22.8 Å². The van der Waals surface area contributed by atoms with Crippen LogP contribution in [0.5, 0.6) is 5.75 Å². The number of ketones is 2. The van der Waals surface area contributed by atoms with Gasteiger partial charge in [-0.15, -0.1) is 0 Å². The van der Waals surface area contributed by atoms with Gasteiger partial charge in [0.05, 0.1) is 4.90 Å². The number of benzene rings is 2. The van der Waals surface area contributed by atoms with E-state index in [1.165, 1.54) is 57.3 Å². The lowest BCUT2D eigenvalue weighted by Gasteiger charge is -2.17. The average Bonchev–Trinajstić information content (AvgIpc) is 2.68. The summed E-state index contributed by atoms with van der Waals surface area (Å²) in [6, 6.07) is 11.9. The number of esters is 1. The molecule has 0 N–H and O–H groups in total. The second kappa shape index (κ2) is 9.58. The molecule has 0 unspecified atom stereocenters. The summed E-state index contributed by atoms with van der Waals surface area (Å²) in [4.78, 5) is 34.6. The standard InChI is InChI=1S/C21H23NO6S/c1-15(23)17-6-10-19(11-7-17)28-21(25)5-4-14-22(3)29(26,27)20-12-8-18(9-13-20)16(2)24/h6-13H,4-5,14H2,1-3H3. The van der Waals surface area contributed by atoms with Crippen molar-refractivity contribution >= 4 is 27.6 Å². The van der Waals surface area contributed by atoms with Gasteiger partial charge in [-0.1, -0.05) is 12.1 Å². The highest BCUT2D eigenvalue weighted by Gasteiger charge is 2.21. The second-order valence-electron chi connectivity index (χ2n) is 6.57.